The van der Waals surface area contributed by atoms with Crippen molar-refractivity contribution in [3.63, 3.8) is 0 Å². The highest BCUT2D eigenvalue weighted by atomic mass is 31.2. The number of quaternary nitrogens is 1. The van der Waals surface area contributed by atoms with Gasteiger partial charge in [-0.3, -0.25) is 13.8 Å². The monoisotopic (exact) mass is 797 g/mol. The van der Waals surface area contributed by atoms with Crippen molar-refractivity contribution in [3.05, 3.63) is 48.6 Å². The fraction of sp³-hybridized carbons (Fsp3) is 0.804. The third kappa shape index (κ3) is 43.4. The maximum absolute atomic E-state index is 12.7. The second kappa shape index (κ2) is 39.3. The fourth-order valence-corrected chi connectivity index (χ4v) is 6.66. The lowest BCUT2D eigenvalue weighted by Gasteiger charge is -2.24. The molecule has 1 N–H and O–H groups in total. The van der Waals surface area contributed by atoms with Gasteiger partial charge in [-0.15, -0.1) is 0 Å². The highest BCUT2D eigenvalue weighted by molar-refractivity contribution is 7.47. The number of unbranched alkanes of at least 4 members (excludes halogenated alkanes) is 19. The lowest BCUT2D eigenvalue weighted by Crippen LogP contribution is -2.37. The van der Waals surface area contributed by atoms with Crippen LogP contribution in [0.1, 0.15) is 181 Å². The smallest absolute Gasteiger partial charge is 0.457 e. The number of phosphoric ester groups is 1. The van der Waals surface area contributed by atoms with E-state index in [-0.39, 0.29) is 25.8 Å². The van der Waals surface area contributed by atoms with Crippen LogP contribution in [0.2, 0.25) is 0 Å². The molecule has 0 saturated heterocycles. The Morgan fingerprint density at radius 2 is 1.05 bits per heavy atom. The van der Waals surface area contributed by atoms with Gasteiger partial charge in [-0.25, -0.2) is 4.57 Å². The summed E-state index contributed by atoms with van der Waals surface area (Å²) in [6.07, 6.45) is 47.1. The van der Waals surface area contributed by atoms with E-state index >= 15 is 0 Å². The number of phosphoric acid groups is 1. The molecule has 8 nitrogen and oxygen atoms in total. The number of ether oxygens (including phenoxy) is 2. The van der Waals surface area contributed by atoms with Crippen LogP contribution in [0, 0.1) is 0 Å². The molecular formula is C46H87NO7P+. The zero-order valence-electron chi connectivity index (χ0n) is 36.4. The second-order valence-electron chi connectivity index (χ2n) is 16.0. The molecule has 2 unspecified atom stereocenters. The Hall–Kier alpha value is -1.54. The number of nitrogens with zero attached hydrogens (tertiary/aromatic N) is 1. The summed E-state index contributed by atoms with van der Waals surface area (Å²) < 4.78 is 35.0. The largest absolute Gasteiger partial charge is 0.472 e. The van der Waals surface area contributed by atoms with E-state index in [0.717, 1.165) is 64.2 Å². The Labute approximate surface area is 339 Å². The molecule has 0 rings (SSSR count). The zero-order valence-corrected chi connectivity index (χ0v) is 37.3. The van der Waals surface area contributed by atoms with Crippen molar-refractivity contribution in [3.8, 4) is 0 Å². The minimum Gasteiger partial charge on any atom is -0.457 e. The lowest BCUT2D eigenvalue weighted by molar-refractivity contribution is -0.870. The van der Waals surface area contributed by atoms with E-state index in [0.29, 0.717) is 24.1 Å². The summed E-state index contributed by atoms with van der Waals surface area (Å²) in [5.74, 6) is -0.326. The predicted octanol–water partition coefficient (Wildman–Crippen LogP) is 13.2. The molecule has 0 aliphatic rings. The molecule has 0 bridgehead atoms. The molecule has 0 fully saturated rings. The normalized spacial score (nSPS) is 14.2. The van der Waals surface area contributed by atoms with Crippen LogP contribution in [0.3, 0.4) is 0 Å². The van der Waals surface area contributed by atoms with E-state index < -0.39 is 13.9 Å². The SMILES string of the molecule is CC/C=C\C/C=C\C/C=C\CCCCCCCCCCOCC(COP(=O)(O)OCC[N+](C)(C)C)OC(=O)CCCCCCC/C=C\CCCCCCCC. The van der Waals surface area contributed by atoms with Crippen molar-refractivity contribution < 1.29 is 37.3 Å². The molecule has 0 aliphatic heterocycles. The first kappa shape index (κ1) is 53.5. The van der Waals surface area contributed by atoms with Gasteiger partial charge in [-0.2, -0.15) is 0 Å². The lowest BCUT2D eigenvalue weighted by atomic mass is 10.1. The highest BCUT2D eigenvalue weighted by Crippen LogP contribution is 2.43. The van der Waals surface area contributed by atoms with E-state index in [1.54, 1.807) is 0 Å². The number of carbonyl (C=O) groups is 1. The van der Waals surface area contributed by atoms with Gasteiger partial charge >= 0.3 is 13.8 Å². The van der Waals surface area contributed by atoms with Gasteiger partial charge in [0.2, 0.25) is 0 Å². The standard InChI is InChI=1S/C46H86NO7P/c1-6-8-10-12-14-16-18-20-22-23-24-26-28-30-32-34-36-38-41-51-43-45(44-53-55(49,50)52-42-40-47(3,4)5)54-46(48)39-37-35-33-31-29-27-25-21-19-17-15-13-11-9-7-2/h8,10,14,16,20-22,25,45H,6-7,9,11-13,15,17-19,23-24,26-44H2,1-5H3/p+1/b10-8-,16-14-,22-20-,25-21-. The molecular weight excluding hydrogens is 709 g/mol. The van der Waals surface area contributed by atoms with E-state index in [2.05, 4.69) is 62.5 Å². The van der Waals surface area contributed by atoms with Gasteiger partial charge in [-0.1, -0.05) is 152 Å². The molecule has 9 heteroatoms. The first-order valence-electron chi connectivity index (χ1n) is 22.4. The summed E-state index contributed by atoms with van der Waals surface area (Å²) in [6.45, 7) is 5.48. The number of carbonyl (C=O) groups excluding carboxylic acids is 1. The quantitative estimate of drug-likeness (QED) is 0.0217. The maximum atomic E-state index is 12.7. The zero-order chi connectivity index (χ0) is 40.6. The Morgan fingerprint density at radius 1 is 0.582 bits per heavy atom. The van der Waals surface area contributed by atoms with Gasteiger partial charge in [-0.05, 0) is 70.6 Å². The third-order valence-corrected chi connectivity index (χ3v) is 10.4. The molecule has 322 valence electrons. The van der Waals surface area contributed by atoms with Crippen LogP contribution in [-0.2, 0) is 27.9 Å². The average molecular weight is 797 g/mol. The van der Waals surface area contributed by atoms with Crippen molar-refractivity contribution >= 4 is 13.8 Å². The summed E-state index contributed by atoms with van der Waals surface area (Å²) >= 11 is 0. The van der Waals surface area contributed by atoms with Gasteiger partial charge < -0.3 is 18.9 Å². The number of esters is 1. The molecule has 0 aromatic rings. The van der Waals surface area contributed by atoms with Crippen molar-refractivity contribution in [1.29, 1.82) is 0 Å². The van der Waals surface area contributed by atoms with Crippen LogP contribution in [0.25, 0.3) is 0 Å². The van der Waals surface area contributed by atoms with Gasteiger partial charge in [0.25, 0.3) is 0 Å². The van der Waals surface area contributed by atoms with E-state index in [4.69, 9.17) is 18.5 Å². The van der Waals surface area contributed by atoms with E-state index in [1.807, 2.05) is 21.1 Å². The van der Waals surface area contributed by atoms with Crippen LogP contribution >= 0.6 is 7.82 Å². The summed E-state index contributed by atoms with van der Waals surface area (Å²) in [7, 11) is 1.65. The summed E-state index contributed by atoms with van der Waals surface area (Å²) in [5.41, 5.74) is 0. The Bertz CT molecular complexity index is 1020. The van der Waals surface area contributed by atoms with Crippen LogP contribution < -0.4 is 0 Å². The number of allylic oxidation sites excluding steroid dienone is 8. The summed E-state index contributed by atoms with van der Waals surface area (Å²) in [6, 6.07) is 0. The topological polar surface area (TPSA) is 91.3 Å². The Balaban J connectivity index is 4.24. The summed E-state index contributed by atoms with van der Waals surface area (Å²) in [5, 5.41) is 0. The predicted molar refractivity (Wildman–Crippen MR) is 233 cm³/mol. The average Bonchev–Trinajstić information content (AvgIpc) is 3.13. The van der Waals surface area contributed by atoms with Crippen LogP contribution in [-0.4, -0.2) is 75.6 Å². The molecule has 2 atom stereocenters. The minimum absolute atomic E-state index is 0.0842. The minimum atomic E-state index is -4.28. The van der Waals surface area contributed by atoms with Crippen molar-refractivity contribution in [2.45, 2.75) is 187 Å². The molecule has 0 radical (unpaired) electrons. The van der Waals surface area contributed by atoms with Gasteiger partial charge in [0.1, 0.15) is 19.3 Å². The van der Waals surface area contributed by atoms with Crippen molar-refractivity contribution in [2.24, 2.45) is 0 Å². The Morgan fingerprint density at radius 3 is 1.60 bits per heavy atom. The fourth-order valence-electron chi connectivity index (χ4n) is 5.91. The maximum Gasteiger partial charge on any atom is 0.472 e. The number of hydrogen-bond donors (Lipinski definition) is 1. The van der Waals surface area contributed by atoms with Crippen LogP contribution in [0.5, 0.6) is 0 Å². The molecule has 0 saturated carbocycles. The van der Waals surface area contributed by atoms with E-state index in [9.17, 15) is 14.3 Å². The first-order valence-corrected chi connectivity index (χ1v) is 23.9. The van der Waals surface area contributed by atoms with Crippen molar-refractivity contribution in [2.75, 3.05) is 54.1 Å². The molecule has 0 aromatic heterocycles. The van der Waals surface area contributed by atoms with E-state index in [1.165, 1.54) is 96.3 Å². The molecule has 55 heavy (non-hydrogen) atoms. The third-order valence-electron chi connectivity index (χ3n) is 9.37. The number of hydrogen-bond acceptors (Lipinski definition) is 6. The molecule has 0 amide bonds. The van der Waals surface area contributed by atoms with Crippen molar-refractivity contribution in [1.82, 2.24) is 0 Å². The number of rotatable bonds is 41. The van der Waals surface area contributed by atoms with Crippen LogP contribution in [0.4, 0.5) is 0 Å². The molecule has 0 heterocycles. The van der Waals surface area contributed by atoms with Gasteiger partial charge in [0.05, 0.1) is 34.4 Å². The Kier molecular flexibility index (Phi) is 38.2. The second-order valence-corrected chi connectivity index (χ2v) is 17.5. The molecule has 0 aromatic carbocycles. The van der Waals surface area contributed by atoms with Gasteiger partial charge in [0.15, 0.2) is 0 Å². The highest BCUT2D eigenvalue weighted by Gasteiger charge is 2.26. The van der Waals surface area contributed by atoms with Gasteiger partial charge in [0, 0.05) is 13.0 Å². The summed E-state index contributed by atoms with van der Waals surface area (Å²) in [4.78, 5) is 22.9. The molecule has 0 aliphatic carbocycles. The molecule has 0 spiro atoms. The first-order chi connectivity index (χ1) is 26.6. The number of likely N-dealkylation sites (N-methyl/N-ethyl adjacent to an activating group) is 1. The van der Waals surface area contributed by atoms with Crippen LogP contribution in [0.15, 0.2) is 48.6 Å².